The Morgan fingerprint density at radius 2 is 1.26 bits per heavy atom. The lowest BCUT2D eigenvalue weighted by Crippen LogP contribution is -2.24. The summed E-state index contributed by atoms with van der Waals surface area (Å²) in [5.41, 5.74) is 9.31. The molecule has 0 N–H and O–H groups in total. The molecule has 0 saturated heterocycles. The molecule has 4 heteroatoms. The molecule has 7 aromatic rings. The van der Waals surface area contributed by atoms with Crippen LogP contribution >= 0.6 is 0 Å². The van der Waals surface area contributed by atoms with Gasteiger partial charge in [0.15, 0.2) is 5.82 Å². The van der Waals surface area contributed by atoms with E-state index in [0.717, 1.165) is 72.6 Å². The fourth-order valence-corrected chi connectivity index (χ4v) is 6.56. The van der Waals surface area contributed by atoms with Crippen LogP contribution < -0.4 is 4.74 Å². The molecule has 6 aromatic carbocycles. The van der Waals surface area contributed by atoms with Crippen LogP contribution in [-0.2, 0) is 5.41 Å². The van der Waals surface area contributed by atoms with E-state index in [1.54, 1.807) is 0 Å². The first kappa shape index (κ1) is 27.5. The van der Waals surface area contributed by atoms with Gasteiger partial charge in [-0.2, -0.15) is 5.26 Å². The molecule has 8 rings (SSSR count). The highest BCUT2D eigenvalue weighted by molar-refractivity contribution is 6.03. The Hall–Kier alpha value is -6.05. The minimum absolute atomic E-state index is 0.339. The summed E-state index contributed by atoms with van der Waals surface area (Å²) in [6, 6.07) is 49.8. The van der Waals surface area contributed by atoms with Gasteiger partial charge in [-0.3, -0.25) is 0 Å². The Kier molecular flexibility index (Phi) is 6.48. The maximum atomic E-state index is 9.47. The van der Waals surface area contributed by atoms with Crippen LogP contribution in [-0.4, -0.2) is 9.97 Å². The third-order valence-corrected chi connectivity index (χ3v) is 8.99. The second-order valence-corrected chi connectivity index (χ2v) is 12.2. The SMILES string of the molecule is CC1(C)c2ccc(C#N)cc2Oc2ccc(-c3ccc4ccccc4c3-c3nc(-c4ccccc4)cc(-c4ccccc4)n3)cc21. The number of nitriles is 1. The number of hydrogen-bond acceptors (Lipinski definition) is 4. The number of hydrogen-bond donors (Lipinski definition) is 0. The second kappa shape index (κ2) is 10.8. The van der Waals surface area contributed by atoms with Gasteiger partial charge < -0.3 is 4.74 Å². The van der Waals surface area contributed by atoms with E-state index in [1.807, 2.05) is 60.7 Å². The fraction of sp³-hybridized carbons (Fsp3) is 0.0714. The van der Waals surface area contributed by atoms with Gasteiger partial charge in [-0.1, -0.05) is 123 Å². The van der Waals surface area contributed by atoms with Crippen molar-refractivity contribution in [1.29, 1.82) is 5.26 Å². The number of ether oxygens (including phenoxy) is 1. The molecule has 46 heavy (non-hydrogen) atoms. The Balaban J connectivity index is 1.36. The summed E-state index contributed by atoms with van der Waals surface area (Å²) in [6.45, 7) is 4.42. The van der Waals surface area contributed by atoms with E-state index in [4.69, 9.17) is 14.7 Å². The van der Waals surface area contributed by atoms with Gasteiger partial charge in [0.05, 0.1) is 23.0 Å². The van der Waals surface area contributed by atoms with E-state index in [0.29, 0.717) is 11.4 Å². The molecular formula is C42H29N3O. The number of fused-ring (bicyclic) bond motifs is 3. The van der Waals surface area contributed by atoms with Crippen LogP contribution in [0.1, 0.15) is 30.5 Å². The Bertz CT molecular complexity index is 2260. The molecule has 4 nitrogen and oxygen atoms in total. The molecule has 0 unspecified atom stereocenters. The molecule has 0 bridgehead atoms. The third-order valence-electron chi connectivity index (χ3n) is 8.99. The standard InChI is InChI=1S/C42H29N3O/c1-42(2)34-21-17-27(26-43)23-39(34)46-38-22-19-31(24-35(38)42)33-20-18-28-11-9-10-16-32(28)40(33)41-44-36(29-12-5-3-6-13-29)25-37(45-41)30-14-7-4-8-15-30/h3-25H,1-2H3. The van der Waals surface area contributed by atoms with E-state index in [-0.39, 0.29) is 5.41 Å². The van der Waals surface area contributed by atoms with Crippen molar-refractivity contribution in [1.82, 2.24) is 9.97 Å². The van der Waals surface area contributed by atoms with Gasteiger partial charge >= 0.3 is 0 Å². The molecule has 1 aliphatic rings. The summed E-state index contributed by atoms with van der Waals surface area (Å²) in [4.78, 5) is 10.5. The lowest BCUT2D eigenvalue weighted by atomic mass is 9.74. The maximum Gasteiger partial charge on any atom is 0.161 e. The third kappa shape index (κ3) is 4.62. The molecule has 218 valence electrons. The number of benzene rings is 6. The van der Waals surface area contributed by atoms with E-state index in [2.05, 4.69) is 98.8 Å². The quantitative estimate of drug-likeness (QED) is 0.204. The fourth-order valence-electron chi connectivity index (χ4n) is 6.56. The first-order chi connectivity index (χ1) is 22.5. The predicted octanol–water partition coefficient (Wildman–Crippen LogP) is 10.6. The molecule has 0 spiro atoms. The summed E-state index contributed by atoms with van der Waals surface area (Å²) in [7, 11) is 0. The zero-order valence-electron chi connectivity index (χ0n) is 25.5. The monoisotopic (exact) mass is 591 g/mol. The van der Waals surface area contributed by atoms with Crippen LogP contribution in [0, 0.1) is 11.3 Å². The van der Waals surface area contributed by atoms with Crippen LogP contribution in [0.2, 0.25) is 0 Å². The van der Waals surface area contributed by atoms with Crippen LogP contribution in [0.15, 0.2) is 140 Å². The molecular weight excluding hydrogens is 562 g/mol. The van der Waals surface area contributed by atoms with Crippen molar-refractivity contribution in [2.24, 2.45) is 0 Å². The molecule has 1 aliphatic heterocycles. The van der Waals surface area contributed by atoms with Gasteiger partial charge in [0, 0.05) is 33.2 Å². The van der Waals surface area contributed by atoms with Gasteiger partial charge in [-0.05, 0) is 52.2 Å². The van der Waals surface area contributed by atoms with Crippen LogP contribution in [0.25, 0.3) is 55.8 Å². The summed E-state index contributed by atoms with van der Waals surface area (Å²) < 4.78 is 6.39. The van der Waals surface area contributed by atoms with E-state index in [9.17, 15) is 5.26 Å². The van der Waals surface area contributed by atoms with Crippen molar-refractivity contribution >= 4 is 10.8 Å². The van der Waals surface area contributed by atoms with Gasteiger partial charge in [-0.25, -0.2) is 9.97 Å². The highest BCUT2D eigenvalue weighted by Crippen LogP contribution is 2.50. The van der Waals surface area contributed by atoms with Gasteiger partial charge in [0.25, 0.3) is 0 Å². The van der Waals surface area contributed by atoms with Gasteiger partial charge in [0.1, 0.15) is 11.5 Å². The average Bonchev–Trinajstić information content (AvgIpc) is 3.11. The summed E-state index contributed by atoms with van der Waals surface area (Å²) in [5, 5.41) is 11.7. The normalized spacial score (nSPS) is 12.9. The largest absolute Gasteiger partial charge is 0.457 e. The van der Waals surface area contributed by atoms with E-state index < -0.39 is 0 Å². The molecule has 1 aromatic heterocycles. The molecule has 2 heterocycles. The van der Waals surface area contributed by atoms with Crippen molar-refractivity contribution < 1.29 is 4.74 Å². The van der Waals surface area contributed by atoms with Gasteiger partial charge in [-0.15, -0.1) is 0 Å². The highest BCUT2D eigenvalue weighted by atomic mass is 16.5. The lowest BCUT2D eigenvalue weighted by molar-refractivity contribution is 0.418. The zero-order valence-corrected chi connectivity index (χ0v) is 25.5. The molecule has 0 amide bonds. The van der Waals surface area contributed by atoms with Crippen molar-refractivity contribution in [2.45, 2.75) is 19.3 Å². The van der Waals surface area contributed by atoms with Crippen molar-refractivity contribution in [3.05, 3.63) is 156 Å². The Morgan fingerprint density at radius 1 is 0.587 bits per heavy atom. The highest BCUT2D eigenvalue weighted by Gasteiger charge is 2.35. The summed E-state index contributed by atoms with van der Waals surface area (Å²) in [5.74, 6) is 2.21. The molecule has 0 saturated carbocycles. The van der Waals surface area contributed by atoms with Crippen molar-refractivity contribution in [2.75, 3.05) is 0 Å². The summed E-state index contributed by atoms with van der Waals surface area (Å²) in [6.07, 6.45) is 0. The lowest BCUT2D eigenvalue weighted by Gasteiger charge is -2.35. The van der Waals surface area contributed by atoms with Crippen molar-refractivity contribution in [3.8, 4) is 62.6 Å². The van der Waals surface area contributed by atoms with E-state index in [1.165, 1.54) is 0 Å². The minimum atomic E-state index is -0.339. The molecule has 0 radical (unpaired) electrons. The second-order valence-electron chi connectivity index (χ2n) is 12.2. The smallest absolute Gasteiger partial charge is 0.161 e. The minimum Gasteiger partial charge on any atom is -0.457 e. The van der Waals surface area contributed by atoms with Gasteiger partial charge in [0.2, 0.25) is 0 Å². The van der Waals surface area contributed by atoms with Crippen molar-refractivity contribution in [3.63, 3.8) is 0 Å². The first-order valence-electron chi connectivity index (χ1n) is 15.4. The Morgan fingerprint density at radius 3 is 1.96 bits per heavy atom. The Labute approximate surface area is 268 Å². The number of aromatic nitrogens is 2. The van der Waals surface area contributed by atoms with Crippen LogP contribution in [0.5, 0.6) is 11.5 Å². The van der Waals surface area contributed by atoms with E-state index >= 15 is 0 Å². The predicted molar refractivity (Wildman–Crippen MR) is 185 cm³/mol. The zero-order chi connectivity index (χ0) is 31.3. The molecule has 0 aliphatic carbocycles. The molecule has 0 fully saturated rings. The van der Waals surface area contributed by atoms with Crippen LogP contribution in [0.3, 0.4) is 0 Å². The summed E-state index contributed by atoms with van der Waals surface area (Å²) >= 11 is 0. The maximum absolute atomic E-state index is 9.47. The number of nitrogens with zero attached hydrogens (tertiary/aromatic N) is 3. The number of rotatable bonds is 4. The van der Waals surface area contributed by atoms with Crippen LogP contribution in [0.4, 0.5) is 0 Å². The molecule has 0 atom stereocenters. The average molecular weight is 592 g/mol. The first-order valence-corrected chi connectivity index (χ1v) is 15.4. The topological polar surface area (TPSA) is 58.8 Å².